The number of hydrogen-bond donors (Lipinski definition) is 0. The van der Waals surface area contributed by atoms with E-state index in [1.54, 1.807) is 0 Å². The molecule has 15 aromatic carbocycles. The summed E-state index contributed by atoms with van der Waals surface area (Å²) in [7, 11) is -5.98. The number of benzene rings is 15. The molecule has 0 saturated carbocycles. The molecular formula is C97H76BN3Si2. The van der Waals surface area contributed by atoms with E-state index in [4.69, 9.17) is 0 Å². The summed E-state index contributed by atoms with van der Waals surface area (Å²) in [6, 6.07) is 143. The van der Waals surface area contributed by atoms with Crippen molar-refractivity contribution in [2.45, 2.75) is 45.4 Å². The molecule has 8 aliphatic rings. The molecule has 1 aromatic heterocycles. The van der Waals surface area contributed by atoms with Crippen molar-refractivity contribution in [3.8, 4) is 27.9 Å². The predicted molar refractivity (Wildman–Crippen MR) is 444 cm³/mol. The standard InChI is InChI=1S/C97H76BN3Si2/c1-96(2,3)71-47-60-89-85(63-71)86-64-72-48-61-90(86)100(89)75-65-92-94-93(66-75)101(74-51-57-83(58-52-74)103(79-38-23-11-24-39-79,80-40-25-12-26-41-80)81-53-45-70(46-54-81)97(72,4)5)95-84(68-30-15-7-16-31-68)42-27-43-88(95)98(94)87-59-44-69(67-28-13-6-14-29-67)62-91(87)99(92)73-49-55-82(56-50-73)102(76-32-17-8-18-33-76,77-34-19-9-20-35-77)78-36-21-10-22-37-78/h6-66H,1-5H3. The maximum atomic E-state index is 2.66. The topological polar surface area (TPSA) is 11.4 Å². The van der Waals surface area contributed by atoms with Gasteiger partial charge in [-0.3, -0.25) is 0 Å². The zero-order valence-corrected chi connectivity index (χ0v) is 60.6. The van der Waals surface area contributed by atoms with E-state index >= 15 is 0 Å². The molecule has 0 N–H and O–H groups in total. The summed E-state index contributed by atoms with van der Waals surface area (Å²) in [6.45, 7) is 11.7. The molecule has 0 unspecified atom stereocenters. The van der Waals surface area contributed by atoms with Gasteiger partial charge in [0.2, 0.25) is 0 Å². The van der Waals surface area contributed by atoms with Gasteiger partial charge in [0.25, 0.3) is 6.71 Å². The fraction of sp³-hybridized carbons (Fsp3) is 0.0722. The van der Waals surface area contributed by atoms with Gasteiger partial charge in [0.05, 0.1) is 16.7 Å². The van der Waals surface area contributed by atoms with Crippen LogP contribution in [0.5, 0.6) is 0 Å². The Bertz CT molecular complexity index is 5770. The average molecular weight is 1350 g/mol. The zero-order valence-electron chi connectivity index (χ0n) is 58.6. The number of anilines is 6. The number of para-hydroxylation sites is 1. The van der Waals surface area contributed by atoms with Gasteiger partial charge in [-0.1, -0.05) is 338 Å². The van der Waals surface area contributed by atoms with E-state index in [1.807, 2.05) is 0 Å². The molecule has 490 valence electrons. The van der Waals surface area contributed by atoms with E-state index in [1.165, 1.54) is 124 Å². The molecule has 3 nitrogen and oxygen atoms in total. The van der Waals surface area contributed by atoms with Crippen LogP contribution in [0.4, 0.5) is 34.1 Å². The van der Waals surface area contributed by atoms with Crippen LogP contribution in [0.25, 0.3) is 49.7 Å². The summed E-state index contributed by atoms with van der Waals surface area (Å²) < 4.78 is 2.60. The van der Waals surface area contributed by atoms with E-state index in [9.17, 15) is 0 Å². The van der Waals surface area contributed by atoms with E-state index in [0.29, 0.717) is 0 Å². The predicted octanol–water partition coefficient (Wildman–Crippen LogP) is 16.9. The lowest BCUT2D eigenvalue weighted by atomic mass is 9.33. The van der Waals surface area contributed by atoms with Gasteiger partial charge in [0, 0.05) is 55.9 Å². The molecular weight excluding hydrogens is 1270 g/mol. The van der Waals surface area contributed by atoms with Crippen molar-refractivity contribution in [2.24, 2.45) is 0 Å². The van der Waals surface area contributed by atoms with Gasteiger partial charge in [-0.25, -0.2) is 0 Å². The molecule has 0 saturated heterocycles. The van der Waals surface area contributed by atoms with Crippen LogP contribution in [-0.2, 0) is 10.8 Å². The highest BCUT2D eigenvalue weighted by molar-refractivity contribution is 7.20. The van der Waals surface area contributed by atoms with Crippen LogP contribution in [0, 0.1) is 0 Å². The van der Waals surface area contributed by atoms with Gasteiger partial charge in [0.1, 0.15) is 0 Å². The molecule has 8 aliphatic heterocycles. The first-order valence-corrected chi connectivity index (χ1v) is 40.3. The Kier molecular flexibility index (Phi) is 14.6. The Morgan fingerprint density at radius 1 is 0.330 bits per heavy atom. The Labute approximate surface area is 607 Å². The van der Waals surface area contributed by atoms with Crippen molar-refractivity contribution < 1.29 is 0 Å². The maximum absolute atomic E-state index is 3.05. The highest BCUT2D eigenvalue weighted by Crippen LogP contribution is 2.50. The summed E-state index contributed by atoms with van der Waals surface area (Å²) >= 11 is 0. The first kappa shape index (κ1) is 62.2. The molecule has 0 fully saturated rings. The number of hydrogen-bond acceptors (Lipinski definition) is 2. The normalized spacial score (nSPS) is 14.0. The molecule has 0 amide bonds. The largest absolute Gasteiger partial charge is 0.311 e. The number of rotatable bonds is 9. The zero-order chi connectivity index (χ0) is 69.2. The van der Waals surface area contributed by atoms with Gasteiger partial charge in [-0.15, -0.1) is 0 Å². The third kappa shape index (κ3) is 9.68. The fourth-order valence-electron chi connectivity index (χ4n) is 18.0. The fourth-order valence-corrected chi connectivity index (χ4v) is 27.4. The minimum absolute atomic E-state index is 0.0946. The molecule has 103 heavy (non-hydrogen) atoms. The van der Waals surface area contributed by atoms with Crippen molar-refractivity contribution in [2.75, 3.05) is 9.80 Å². The van der Waals surface area contributed by atoms with E-state index in [0.717, 1.165) is 34.1 Å². The Morgan fingerprint density at radius 2 is 0.786 bits per heavy atom. The molecule has 0 radical (unpaired) electrons. The molecule has 9 heterocycles. The summed E-state index contributed by atoms with van der Waals surface area (Å²) in [6.07, 6.45) is 0. The first-order chi connectivity index (χ1) is 50.5. The second-order valence-corrected chi connectivity index (χ2v) is 37.5. The molecule has 0 aliphatic carbocycles. The summed E-state index contributed by atoms with van der Waals surface area (Å²) in [5.41, 5.74) is 22.1. The highest BCUT2D eigenvalue weighted by atomic mass is 28.3. The van der Waals surface area contributed by atoms with Crippen molar-refractivity contribution >= 4 is 137 Å². The van der Waals surface area contributed by atoms with Crippen molar-refractivity contribution in [1.29, 1.82) is 0 Å². The molecule has 10 bridgehead atoms. The summed E-state index contributed by atoms with van der Waals surface area (Å²) in [4.78, 5) is 5.30. The monoisotopic (exact) mass is 1350 g/mol. The minimum Gasteiger partial charge on any atom is -0.311 e. The third-order valence-corrected chi connectivity index (χ3v) is 32.7. The Morgan fingerprint density at radius 3 is 1.35 bits per heavy atom. The Balaban J connectivity index is 0.954. The first-order valence-electron chi connectivity index (χ1n) is 36.3. The number of fused-ring (bicyclic) bond motifs is 5. The van der Waals surface area contributed by atoms with Gasteiger partial charge in [-0.05, 0) is 163 Å². The van der Waals surface area contributed by atoms with Gasteiger partial charge < -0.3 is 14.4 Å². The SMILES string of the molecule is CC(C)(C)c1ccc2c(c1)c1cc3ccc1n2-c1cc2c4c(c1)N(c1ccc(cc1)[Si](c1ccccc1)(c1ccccc1)c1ccc(cc1)C3(C)C)c1c(cccc1-c1ccccc1)B4c1ccc(-c3ccccc3)cc1N2c1ccc([Si](c2ccccc2)(c2ccccc2)c2ccccc2)cc1. The van der Waals surface area contributed by atoms with Crippen molar-refractivity contribution in [1.82, 2.24) is 4.57 Å². The lowest BCUT2D eigenvalue weighted by Crippen LogP contribution is -2.74. The maximum Gasteiger partial charge on any atom is 0.252 e. The Hall–Kier alpha value is -11.8. The highest BCUT2D eigenvalue weighted by Gasteiger charge is 2.48. The molecule has 6 heteroatoms. The van der Waals surface area contributed by atoms with Gasteiger partial charge in [0.15, 0.2) is 16.1 Å². The lowest BCUT2D eigenvalue weighted by molar-refractivity contribution is 0.591. The number of nitrogens with zero attached hydrogens (tertiary/aromatic N) is 3. The number of aromatic nitrogens is 1. The van der Waals surface area contributed by atoms with E-state index in [2.05, 4.69) is 419 Å². The summed E-state index contributed by atoms with van der Waals surface area (Å²) in [5.74, 6) is 0. The van der Waals surface area contributed by atoms with Gasteiger partial charge >= 0.3 is 0 Å². The van der Waals surface area contributed by atoms with Crippen molar-refractivity contribution in [3.05, 3.63) is 387 Å². The molecule has 0 atom stereocenters. The van der Waals surface area contributed by atoms with Crippen LogP contribution >= 0.6 is 0 Å². The smallest absolute Gasteiger partial charge is 0.252 e. The van der Waals surface area contributed by atoms with Crippen molar-refractivity contribution in [3.63, 3.8) is 0 Å². The van der Waals surface area contributed by atoms with E-state index < -0.39 is 16.1 Å². The van der Waals surface area contributed by atoms with E-state index in [-0.39, 0.29) is 17.5 Å². The second kappa shape index (κ2) is 24.2. The van der Waals surface area contributed by atoms with Crippen LogP contribution in [-0.4, -0.2) is 27.4 Å². The van der Waals surface area contributed by atoms with Gasteiger partial charge in [-0.2, -0.15) is 0 Å². The van der Waals surface area contributed by atoms with Crippen LogP contribution in [0.1, 0.15) is 51.3 Å². The molecule has 24 rings (SSSR count). The quantitative estimate of drug-likeness (QED) is 0.105. The second-order valence-electron chi connectivity index (χ2n) is 29.9. The third-order valence-electron chi connectivity index (χ3n) is 23.1. The molecule has 0 spiro atoms. The molecule has 16 aromatic rings. The van der Waals surface area contributed by atoms with Crippen LogP contribution in [0.15, 0.2) is 370 Å². The van der Waals surface area contributed by atoms with Crippen LogP contribution in [0.2, 0.25) is 0 Å². The van der Waals surface area contributed by atoms with Crippen LogP contribution in [0.3, 0.4) is 0 Å². The summed E-state index contributed by atoms with van der Waals surface area (Å²) in [5, 5.41) is 13.2. The lowest BCUT2D eigenvalue weighted by Gasteiger charge is -2.45. The minimum atomic E-state index is -3.05. The average Bonchev–Trinajstić information content (AvgIpc) is 1.20. The van der Waals surface area contributed by atoms with Crippen LogP contribution < -0.4 is 67.7 Å².